The molecule has 1 amide bonds. The van der Waals surface area contributed by atoms with Gasteiger partial charge in [-0.25, -0.2) is 4.98 Å². The summed E-state index contributed by atoms with van der Waals surface area (Å²) in [6.07, 6.45) is 2.44. The molecule has 3 aromatic rings. The van der Waals surface area contributed by atoms with E-state index in [0.717, 1.165) is 39.9 Å². The van der Waals surface area contributed by atoms with Crippen molar-refractivity contribution in [2.24, 2.45) is 0 Å². The molecule has 0 unspecified atom stereocenters. The fraction of sp³-hybridized carbons (Fsp3) is 0.300. The summed E-state index contributed by atoms with van der Waals surface area (Å²) in [7, 11) is 0. The van der Waals surface area contributed by atoms with Gasteiger partial charge in [0.2, 0.25) is 0 Å². The van der Waals surface area contributed by atoms with Gasteiger partial charge in [-0.15, -0.1) is 11.3 Å². The summed E-state index contributed by atoms with van der Waals surface area (Å²) in [5.74, 6) is -0.117. The van der Waals surface area contributed by atoms with Gasteiger partial charge in [0.25, 0.3) is 5.91 Å². The Labute approximate surface area is 170 Å². The van der Waals surface area contributed by atoms with Gasteiger partial charge >= 0.3 is 0 Å². The molecule has 0 aliphatic carbocycles. The van der Waals surface area contributed by atoms with Crippen LogP contribution in [0.1, 0.15) is 33.8 Å². The van der Waals surface area contributed by atoms with Gasteiger partial charge in [-0.05, 0) is 67.9 Å². The molecule has 140 valence electrons. The van der Waals surface area contributed by atoms with Crippen LogP contribution in [0.15, 0.2) is 40.9 Å². The first-order valence-corrected chi connectivity index (χ1v) is 10.6. The zero-order valence-corrected chi connectivity index (χ0v) is 17.1. The second-order valence-electron chi connectivity index (χ2n) is 6.69. The molecule has 2 heterocycles. The maximum atomic E-state index is 12.9. The van der Waals surface area contributed by atoms with Crippen LogP contribution >= 0.6 is 27.3 Å². The highest BCUT2D eigenvalue weighted by Crippen LogP contribution is 2.26. The zero-order chi connectivity index (χ0) is 18.8. The van der Waals surface area contributed by atoms with Gasteiger partial charge in [0.05, 0.1) is 16.8 Å². The third-order valence-corrected chi connectivity index (χ3v) is 6.24. The minimum Gasteiger partial charge on any atom is -0.389 e. The van der Waals surface area contributed by atoms with E-state index in [2.05, 4.69) is 31.1 Å². The Morgan fingerprint density at radius 1 is 1.22 bits per heavy atom. The predicted molar refractivity (Wildman–Crippen MR) is 112 cm³/mol. The quantitative estimate of drug-likeness (QED) is 0.610. The molecule has 7 heteroatoms. The minimum absolute atomic E-state index is 0.0697. The number of aliphatic hydroxyl groups is 1. The van der Waals surface area contributed by atoms with Crippen LogP contribution in [0.5, 0.6) is 0 Å². The standard InChI is InChI=1S/C20H20BrN3O2S/c21-14-3-5-16(13(9-14)11-24-7-1-2-8-24)20(26)22-15-4-6-18-17(10-15)23-19(12-25)27-18/h3-6,9-10,25H,1-2,7-8,11-12H2,(H,22,26). The van der Waals surface area contributed by atoms with Crippen molar-refractivity contribution in [2.75, 3.05) is 18.4 Å². The lowest BCUT2D eigenvalue weighted by molar-refractivity contribution is 0.102. The number of thiazole rings is 1. The van der Waals surface area contributed by atoms with Gasteiger partial charge < -0.3 is 10.4 Å². The van der Waals surface area contributed by atoms with Crippen LogP contribution in [-0.4, -0.2) is 34.0 Å². The van der Waals surface area contributed by atoms with E-state index in [1.165, 1.54) is 24.2 Å². The van der Waals surface area contributed by atoms with E-state index in [1.807, 2.05) is 36.4 Å². The van der Waals surface area contributed by atoms with Crippen LogP contribution < -0.4 is 5.32 Å². The average Bonchev–Trinajstić information content (AvgIpc) is 3.30. The molecule has 0 spiro atoms. The molecule has 0 atom stereocenters. The summed E-state index contributed by atoms with van der Waals surface area (Å²) in [5, 5.41) is 12.9. The molecule has 2 aromatic carbocycles. The number of carbonyl (C=O) groups is 1. The number of benzene rings is 2. The summed E-state index contributed by atoms with van der Waals surface area (Å²) < 4.78 is 1.98. The predicted octanol–water partition coefficient (Wildman–Crippen LogP) is 4.40. The number of likely N-dealkylation sites (tertiary alicyclic amines) is 1. The monoisotopic (exact) mass is 445 g/mol. The van der Waals surface area contributed by atoms with Gasteiger partial charge in [0, 0.05) is 22.3 Å². The number of rotatable bonds is 5. The maximum absolute atomic E-state index is 12.9. The molecule has 2 N–H and O–H groups in total. The number of amides is 1. The Morgan fingerprint density at radius 3 is 2.81 bits per heavy atom. The first kappa shape index (κ1) is 18.6. The molecular weight excluding hydrogens is 426 g/mol. The molecule has 1 fully saturated rings. The van der Waals surface area contributed by atoms with Crippen LogP contribution in [0.4, 0.5) is 5.69 Å². The van der Waals surface area contributed by atoms with E-state index in [1.54, 1.807) is 0 Å². The van der Waals surface area contributed by atoms with Gasteiger partial charge in [0.1, 0.15) is 5.01 Å². The van der Waals surface area contributed by atoms with Gasteiger partial charge in [-0.1, -0.05) is 15.9 Å². The van der Waals surface area contributed by atoms with Crippen molar-refractivity contribution in [3.8, 4) is 0 Å². The molecule has 27 heavy (non-hydrogen) atoms. The summed E-state index contributed by atoms with van der Waals surface area (Å²) in [5.41, 5.74) is 3.22. The second kappa shape index (κ2) is 8.06. The normalized spacial score (nSPS) is 14.7. The largest absolute Gasteiger partial charge is 0.389 e. The molecule has 1 saturated heterocycles. The number of nitrogens with zero attached hydrogens (tertiary/aromatic N) is 2. The number of halogens is 1. The number of carbonyl (C=O) groups excluding carboxylic acids is 1. The van der Waals surface area contributed by atoms with Gasteiger partial charge in [0.15, 0.2) is 0 Å². The number of aliphatic hydroxyl groups excluding tert-OH is 1. The van der Waals surface area contributed by atoms with Crippen LogP contribution in [0.25, 0.3) is 10.2 Å². The lowest BCUT2D eigenvalue weighted by Crippen LogP contribution is -2.22. The van der Waals surface area contributed by atoms with Gasteiger partial charge in [-0.3, -0.25) is 9.69 Å². The Hall–Kier alpha value is -1.80. The molecule has 0 saturated carbocycles. The molecule has 5 nitrogen and oxygen atoms in total. The van der Waals surface area contributed by atoms with E-state index in [0.29, 0.717) is 16.3 Å². The summed E-state index contributed by atoms with van der Waals surface area (Å²) in [4.78, 5) is 19.7. The third-order valence-electron chi connectivity index (χ3n) is 4.73. The van der Waals surface area contributed by atoms with Crippen molar-refractivity contribution in [1.82, 2.24) is 9.88 Å². The van der Waals surface area contributed by atoms with Crippen molar-refractivity contribution >= 4 is 49.1 Å². The fourth-order valence-electron chi connectivity index (χ4n) is 3.42. The number of hydrogen-bond acceptors (Lipinski definition) is 5. The molecule has 1 aliphatic heterocycles. The topological polar surface area (TPSA) is 65.5 Å². The van der Waals surface area contributed by atoms with Crippen LogP contribution in [0.3, 0.4) is 0 Å². The highest BCUT2D eigenvalue weighted by molar-refractivity contribution is 9.10. The summed E-state index contributed by atoms with van der Waals surface area (Å²) >= 11 is 4.98. The van der Waals surface area contributed by atoms with E-state index in [9.17, 15) is 9.90 Å². The number of anilines is 1. The average molecular weight is 446 g/mol. The summed E-state index contributed by atoms with van der Waals surface area (Å²) in [6.45, 7) is 2.88. The van der Waals surface area contributed by atoms with Crippen molar-refractivity contribution in [3.05, 3.63) is 57.0 Å². The smallest absolute Gasteiger partial charge is 0.255 e. The molecule has 0 radical (unpaired) electrons. The van der Waals surface area contributed by atoms with E-state index >= 15 is 0 Å². The highest BCUT2D eigenvalue weighted by atomic mass is 79.9. The third kappa shape index (κ3) is 4.21. The maximum Gasteiger partial charge on any atom is 0.255 e. The highest BCUT2D eigenvalue weighted by Gasteiger charge is 2.18. The SMILES string of the molecule is O=C(Nc1ccc2sc(CO)nc2c1)c1ccc(Br)cc1CN1CCCC1. The number of hydrogen-bond donors (Lipinski definition) is 2. The lowest BCUT2D eigenvalue weighted by Gasteiger charge is -2.17. The molecular formula is C20H20BrN3O2S. The van der Waals surface area contributed by atoms with Crippen molar-refractivity contribution in [1.29, 1.82) is 0 Å². The van der Waals surface area contributed by atoms with Crippen LogP contribution in [0.2, 0.25) is 0 Å². The molecule has 0 bridgehead atoms. The second-order valence-corrected chi connectivity index (χ2v) is 8.72. The van der Waals surface area contributed by atoms with E-state index in [4.69, 9.17) is 0 Å². The Bertz CT molecular complexity index is 983. The number of nitrogens with one attached hydrogen (secondary N) is 1. The zero-order valence-electron chi connectivity index (χ0n) is 14.7. The first-order chi connectivity index (χ1) is 13.1. The summed E-state index contributed by atoms with van der Waals surface area (Å²) in [6, 6.07) is 11.5. The van der Waals surface area contributed by atoms with Crippen LogP contribution in [0, 0.1) is 0 Å². The minimum atomic E-state index is -0.117. The first-order valence-electron chi connectivity index (χ1n) is 8.95. The number of aromatic nitrogens is 1. The molecule has 1 aromatic heterocycles. The lowest BCUT2D eigenvalue weighted by atomic mass is 10.1. The molecule has 4 rings (SSSR count). The fourth-order valence-corrected chi connectivity index (χ4v) is 4.63. The van der Waals surface area contributed by atoms with E-state index < -0.39 is 0 Å². The Balaban J connectivity index is 1.57. The van der Waals surface area contributed by atoms with E-state index in [-0.39, 0.29) is 12.5 Å². The van der Waals surface area contributed by atoms with Crippen molar-refractivity contribution in [3.63, 3.8) is 0 Å². The molecule has 1 aliphatic rings. The Kier molecular flexibility index (Phi) is 5.54. The van der Waals surface area contributed by atoms with Crippen molar-refractivity contribution in [2.45, 2.75) is 26.0 Å². The van der Waals surface area contributed by atoms with Crippen LogP contribution in [-0.2, 0) is 13.2 Å². The number of fused-ring (bicyclic) bond motifs is 1. The van der Waals surface area contributed by atoms with Gasteiger partial charge in [-0.2, -0.15) is 0 Å². The van der Waals surface area contributed by atoms with Crippen molar-refractivity contribution < 1.29 is 9.90 Å². The Morgan fingerprint density at radius 2 is 2.04 bits per heavy atom.